The second-order valence-corrected chi connectivity index (χ2v) is 10.1. The number of amides is 1. The van der Waals surface area contributed by atoms with Crippen molar-refractivity contribution in [3.05, 3.63) is 99.4 Å². The highest BCUT2D eigenvalue weighted by atomic mass is 16.6. The Morgan fingerprint density at radius 2 is 1.66 bits per heavy atom. The Morgan fingerprint density at radius 3 is 2.37 bits per heavy atom. The maximum Gasteiger partial charge on any atom is 0.269 e. The number of Topliss-reactive ketones (excluding diaryl/α,β-unsaturated/α-hetero) is 1. The average Bonchev–Trinajstić information content (AvgIpc) is 2.97. The molecule has 0 saturated carbocycles. The van der Waals surface area contributed by atoms with Crippen molar-refractivity contribution in [1.82, 2.24) is 9.88 Å². The Balaban J connectivity index is 1.31. The maximum atomic E-state index is 13.7. The summed E-state index contributed by atoms with van der Waals surface area (Å²) in [7, 11) is 0. The summed E-state index contributed by atoms with van der Waals surface area (Å²) in [6, 6.07) is 15.3. The van der Waals surface area contributed by atoms with Gasteiger partial charge in [-0.25, -0.2) is 0 Å². The van der Waals surface area contributed by atoms with Crippen molar-refractivity contribution in [2.45, 2.75) is 38.5 Å². The monoisotopic (exact) mass is 512 g/mol. The van der Waals surface area contributed by atoms with E-state index in [0.717, 1.165) is 62.9 Å². The Kier molecular flexibility index (Phi) is 7.89. The number of anilines is 1. The topological polar surface area (TPSA) is 96.7 Å². The highest BCUT2D eigenvalue weighted by Gasteiger charge is 2.28. The van der Waals surface area contributed by atoms with Gasteiger partial charge >= 0.3 is 0 Å². The van der Waals surface area contributed by atoms with Crippen LogP contribution in [0.15, 0.2) is 67.0 Å². The van der Waals surface area contributed by atoms with Crippen LogP contribution < -0.4 is 4.90 Å². The van der Waals surface area contributed by atoms with Gasteiger partial charge in [-0.15, -0.1) is 0 Å². The average molecular weight is 513 g/mol. The van der Waals surface area contributed by atoms with Crippen molar-refractivity contribution in [2.75, 3.05) is 31.1 Å². The van der Waals surface area contributed by atoms with Crippen LogP contribution in [0, 0.1) is 16.0 Å². The summed E-state index contributed by atoms with van der Waals surface area (Å²) in [4.78, 5) is 45.8. The minimum atomic E-state index is -0.463. The lowest BCUT2D eigenvalue weighted by Gasteiger charge is -2.34. The van der Waals surface area contributed by atoms with Crippen LogP contribution in [0.1, 0.15) is 57.5 Å². The highest BCUT2D eigenvalue weighted by molar-refractivity contribution is 6.06. The number of nitro groups is 1. The number of nitrogens with zero attached hydrogens (tertiary/aromatic N) is 4. The number of benzene rings is 2. The van der Waals surface area contributed by atoms with Crippen LogP contribution in [0.25, 0.3) is 0 Å². The number of fused-ring (bicyclic) bond motifs is 1. The molecule has 0 atom stereocenters. The molecule has 1 aliphatic heterocycles. The second kappa shape index (κ2) is 11.6. The highest BCUT2D eigenvalue weighted by Crippen LogP contribution is 2.31. The fraction of sp³-hybridized carbons (Fsp3) is 0.367. The normalized spacial score (nSPS) is 16.0. The summed E-state index contributed by atoms with van der Waals surface area (Å²) in [6.45, 7) is 2.75. The molecule has 196 valence electrons. The van der Waals surface area contributed by atoms with Gasteiger partial charge in [-0.1, -0.05) is 30.3 Å². The molecule has 1 amide bonds. The fourth-order valence-corrected chi connectivity index (χ4v) is 5.58. The predicted molar refractivity (Wildman–Crippen MR) is 146 cm³/mol. The van der Waals surface area contributed by atoms with Gasteiger partial charge in [0.25, 0.3) is 11.6 Å². The Hall–Kier alpha value is -3.91. The van der Waals surface area contributed by atoms with E-state index in [4.69, 9.17) is 0 Å². The SMILES string of the molecule is O=C(c1ccccc1)C1CCN(CCN(C(=O)c2ccc([N+](=O)[O-])cc2)c2cncc3c2CCCC3)CC1. The van der Waals surface area contributed by atoms with Crippen LogP contribution in [0.4, 0.5) is 11.4 Å². The number of rotatable bonds is 8. The third-order valence-electron chi connectivity index (χ3n) is 7.76. The summed E-state index contributed by atoms with van der Waals surface area (Å²) in [5.41, 5.74) is 4.34. The van der Waals surface area contributed by atoms with E-state index in [1.54, 1.807) is 11.1 Å². The maximum absolute atomic E-state index is 13.7. The third kappa shape index (κ3) is 5.65. The van der Waals surface area contributed by atoms with E-state index in [1.807, 2.05) is 36.5 Å². The van der Waals surface area contributed by atoms with E-state index in [-0.39, 0.29) is 23.3 Å². The lowest BCUT2D eigenvalue weighted by Crippen LogP contribution is -2.43. The molecule has 5 rings (SSSR count). The summed E-state index contributed by atoms with van der Waals surface area (Å²) < 4.78 is 0. The molecule has 1 aliphatic carbocycles. The molecular weight excluding hydrogens is 480 g/mol. The number of piperidine rings is 1. The van der Waals surface area contributed by atoms with Gasteiger partial charge in [-0.05, 0) is 74.9 Å². The molecule has 0 radical (unpaired) electrons. The number of carbonyl (C=O) groups excluding carboxylic acids is 2. The molecule has 1 fully saturated rings. The molecule has 0 N–H and O–H groups in total. The van der Waals surface area contributed by atoms with Crippen molar-refractivity contribution in [3.63, 3.8) is 0 Å². The van der Waals surface area contributed by atoms with Crippen molar-refractivity contribution in [1.29, 1.82) is 0 Å². The molecular formula is C30H32N4O4. The van der Waals surface area contributed by atoms with Gasteiger partial charge < -0.3 is 9.80 Å². The molecule has 1 saturated heterocycles. The lowest BCUT2D eigenvalue weighted by atomic mass is 9.89. The minimum absolute atomic E-state index is 0.0248. The van der Waals surface area contributed by atoms with E-state index >= 15 is 0 Å². The van der Waals surface area contributed by atoms with Crippen LogP contribution in [0.2, 0.25) is 0 Å². The van der Waals surface area contributed by atoms with E-state index < -0.39 is 4.92 Å². The number of pyridine rings is 1. The Morgan fingerprint density at radius 1 is 0.947 bits per heavy atom. The van der Waals surface area contributed by atoms with E-state index in [0.29, 0.717) is 18.7 Å². The first-order valence-electron chi connectivity index (χ1n) is 13.3. The number of non-ortho nitro benzene ring substituents is 1. The second-order valence-electron chi connectivity index (χ2n) is 10.1. The number of hydrogen-bond acceptors (Lipinski definition) is 6. The Labute approximate surface area is 222 Å². The molecule has 0 bridgehead atoms. The smallest absolute Gasteiger partial charge is 0.269 e. The zero-order valence-electron chi connectivity index (χ0n) is 21.4. The summed E-state index contributed by atoms with van der Waals surface area (Å²) >= 11 is 0. The first-order valence-corrected chi connectivity index (χ1v) is 13.3. The predicted octanol–water partition coefficient (Wildman–Crippen LogP) is 5.11. The summed E-state index contributed by atoms with van der Waals surface area (Å²) in [5.74, 6) is 0.0499. The van der Waals surface area contributed by atoms with Crippen LogP contribution in [-0.4, -0.2) is 52.7 Å². The number of aryl methyl sites for hydroxylation is 1. The zero-order valence-corrected chi connectivity index (χ0v) is 21.4. The Bertz CT molecular complexity index is 1300. The first-order chi connectivity index (χ1) is 18.5. The number of ketones is 1. The fourth-order valence-electron chi connectivity index (χ4n) is 5.58. The van der Waals surface area contributed by atoms with Crippen molar-refractivity contribution in [3.8, 4) is 0 Å². The number of hydrogen-bond donors (Lipinski definition) is 0. The molecule has 8 heteroatoms. The largest absolute Gasteiger partial charge is 0.305 e. The number of nitro benzene ring substituents is 1. The number of likely N-dealkylation sites (tertiary alicyclic amines) is 1. The van der Waals surface area contributed by atoms with Crippen LogP contribution >= 0.6 is 0 Å². The van der Waals surface area contributed by atoms with Gasteiger partial charge in [0.1, 0.15) is 0 Å². The molecule has 8 nitrogen and oxygen atoms in total. The van der Waals surface area contributed by atoms with E-state index in [2.05, 4.69) is 9.88 Å². The molecule has 2 aromatic carbocycles. The van der Waals surface area contributed by atoms with Crippen LogP contribution in [0.5, 0.6) is 0 Å². The molecule has 2 heterocycles. The van der Waals surface area contributed by atoms with Crippen molar-refractivity contribution in [2.24, 2.45) is 5.92 Å². The molecule has 1 aromatic heterocycles. The summed E-state index contributed by atoms with van der Waals surface area (Å²) in [5, 5.41) is 11.1. The van der Waals surface area contributed by atoms with Gasteiger partial charge in [0.2, 0.25) is 0 Å². The van der Waals surface area contributed by atoms with E-state index in [1.165, 1.54) is 35.4 Å². The zero-order chi connectivity index (χ0) is 26.5. The molecule has 3 aromatic rings. The lowest BCUT2D eigenvalue weighted by molar-refractivity contribution is -0.384. The van der Waals surface area contributed by atoms with E-state index in [9.17, 15) is 19.7 Å². The van der Waals surface area contributed by atoms with Gasteiger partial charge in [-0.2, -0.15) is 0 Å². The summed E-state index contributed by atoms with van der Waals surface area (Å²) in [6.07, 6.45) is 9.33. The molecule has 38 heavy (non-hydrogen) atoms. The van der Waals surface area contributed by atoms with Crippen LogP contribution in [0.3, 0.4) is 0 Å². The van der Waals surface area contributed by atoms with Gasteiger partial charge in [0.15, 0.2) is 5.78 Å². The quantitative estimate of drug-likeness (QED) is 0.236. The standard InChI is InChI=1S/C30H32N4O4/c35-29(22-6-2-1-3-7-22)23-14-16-32(17-15-23)18-19-33(28-21-31-20-25-8-4-5-9-27(25)28)30(36)24-10-12-26(13-11-24)34(37)38/h1-3,6-7,10-13,20-21,23H,4-5,8-9,14-19H2. The molecule has 0 unspecified atom stereocenters. The van der Waals surface area contributed by atoms with Gasteiger partial charge in [0, 0.05) is 48.5 Å². The van der Waals surface area contributed by atoms with Crippen LogP contribution in [-0.2, 0) is 12.8 Å². The van der Waals surface area contributed by atoms with Crippen molar-refractivity contribution < 1.29 is 14.5 Å². The minimum Gasteiger partial charge on any atom is -0.305 e. The number of aromatic nitrogens is 1. The molecule has 2 aliphatic rings. The first kappa shape index (κ1) is 25.7. The third-order valence-corrected chi connectivity index (χ3v) is 7.76. The van der Waals surface area contributed by atoms with Crippen molar-refractivity contribution >= 4 is 23.1 Å². The van der Waals surface area contributed by atoms with Gasteiger partial charge in [0.05, 0.1) is 16.8 Å². The molecule has 0 spiro atoms. The van der Waals surface area contributed by atoms with Gasteiger partial charge in [-0.3, -0.25) is 24.7 Å². The number of carbonyl (C=O) groups is 2.